The molecule has 0 aromatic heterocycles. The molecule has 0 heterocycles. The minimum Gasteiger partial charge on any atom is -0.273 e. The SMILES string of the molecule is CC1(C)[C@H]2CC[C@H](CNS(=O)(=O)O)[C@@H]1C2. The van der Waals surface area contributed by atoms with Crippen LogP contribution < -0.4 is 4.72 Å². The molecule has 0 spiro atoms. The van der Waals surface area contributed by atoms with Gasteiger partial charge in [-0.15, -0.1) is 0 Å². The monoisotopic (exact) mass is 233 g/mol. The van der Waals surface area contributed by atoms with Gasteiger partial charge in [0.05, 0.1) is 0 Å². The van der Waals surface area contributed by atoms with Gasteiger partial charge in [-0.3, -0.25) is 4.55 Å². The molecule has 0 aromatic rings. The first-order valence-electron chi connectivity index (χ1n) is 5.53. The van der Waals surface area contributed by atoms with Crippen LogP contribution >= 0.6 is 0 Å². The summed E-state index contributed by atoms with van der Waals surface area (Å²) in [7, 11) is -4.02. The van der Waals surface area contributed by atoms with Crippen LogP contribution in [0.5, 0.6) is 0 Å². The van der Waals surface area contributed by atoms with Crippen LogP contribution in [0.3, 0.4) is 0 Å². The van der Waals surface area contributed by atoms with E-state index in [1.54, 1.807) is 0 Å². The van der Waals surface area contributed by atoms with Crippen molar-refractivity contribution in [2.24, 2.45) is 23.2 Å². The Kier molecular flexibility index (Phi) is 2.60. The Bertz CT molecular complexity index is 348. The van der Waals surface area contributed by atoms with Crippen molar-refractivity contribution in [3.8, 4) is 0 Å². The number of nitrogens with one attached hydrogen (secondary N) is 1. The van der Waals surface area contributed by atoms with Crippen LogP contribution in [0.4, 0.5) is 0 Å². The summed E-state index contributed by atoms with van der Waals surface area (Å²) in [5, 5.41) is 0. The molecule has 3 atom stereocenters. The third-order valence-electron chi connectivity index (χ3n) is 4.53. The topological polar surface area (TPSA) is 66.4 Å². The number of hydrogen-bond donors (Lipinski definition) is 2. The summed E-state index contributed by atoms with van der Waals surface area (Å²) in [6.45, 7) is 4.93. The van der Waals surface area contributed by atoms with Crippen molar-refractivity contribution in [1.82, 2.24) is 4.72 Å². The Balaban J connectivity index is 1.94. The number of fused-ring (bicyclic) bond motifs is 2. The van der Waals surface area contributed by atoms with Crippen LogP contribution in [0, 0.1) is 23.2 Å². The lowest BCUT2D eigenvalue weighted by Gasteiger charge is -2.60. The molecular formula is C10H19NO3S. The average Bonchev–Trinajstić information content (AvgIpc) is 2.13. The first-order chi connectivity index (χ1) is 6.81. The highest BCUT2D eigenvalue weighted by molar-refractivity contribution is 7.83. The Hall–Kier alpha value is -0.130. The Labute approximate surface area is 91.3 Å². The first kappa shape index (κ1) is 11.4. The molecule has 0 unspecified atom stereocenters. The van der Waals surface area contributed by atoms with Crippen molar-refractivity contribution in [1.29, 1.82) is 0 Å². The summed E-state index contributed by atoms with van der Waals surface area (Å²) in [4.78, 5) is 0. The average molecular weight is 233 g/mol. The van der Waals surface area contributed by atoms with Gasteiger partial charge < -0.3 is 0 Å². The first-order valence-corrected chi connectivity index (χ1v) is 6.97. The Morgan fingerprint density at radius 2 is 2.07 bits per heavy atom. The van der Waals surface area contributed by atoms with Crippen LogP contribution in [0.15, 0.2) is 0 Å². The highest BCUT2D eigenvalue weighted by Crippen LogP contribution is 2.61. The van der Waals surface area contributed by atoms with E-state index in [1.165, 1.54) is 12.8 Å². The van der Waals surface area contributed by atoms with Crippen molar-refractivity contribution >= 4 is 10.3 Å². The van der Waals surface area contributed by atoms with Gasteiger partial charge in [0.1, 0.15) is 0 Å². The normalized spacial score (nSPS) is 38.5. The molecular weight excluding hydrogens is 214 g/mol. The molecule has 15 heavy (non-hydrogen) atoms. The second kappa shape index (κ2) is 3.43. The second-order valence-corrected chi connectivity index (χ2v) is 6.76. The van der Waals surface area contributed by atoms with E-state index in [4.69, 9.17) is 4.55 Å². The molecule has 88 valence electrons. The summed E-state index contributed by atoms with van der Waals surface area (Å²) in [5.41, 5.74) is 0.365. The van der Waals surface area contributed by atoms with Gasteiger partial charge in [-0.25, -0.2) is 0 Å². The smallest absolute Gasteiger partial charge is 0.273 e. The van der Waals surface area contributed by atoms with E-state index in [2.05, 4.69) is 18.6 Å². The van der Waals surface area contributed by atoms with E-state index >= 15 is 0 Å². The van der Waals surface area contributed by atoms with Gasteiger partial charge in [0.2, 0.25) is 0 Å². The van der Waals surface area contributed by atoms with E-state index in [0.717, 1.165) is 12.3 Å². The van der Waals surface area contributed by atoms with Crippen LogP contribution in [0.25, 0.3) is 0 Å². The minimum absolute atomic E-state index is 0.365. The molecule has 3 aliphatic carbocycles. The van der Waals surface area contributed by atoms with Gasteiger partial charge in [-0.1, -0.05) is 13.8 Å². The molecule has 3 aliphatic rings. The fraction of sp³-hybridized carbons (Fsp3) is 1.00. The molecule has 2 N–H and O–H groups in total. The lowest BCUT2D eigenvalue weighted by atomic mass is 9.45. The highest BCUT2D eigenvalue weighted by Gasteiger charge is 2.53. The fourth-order valence-corrected chi connectivity index (χ4v) is 3.84. The fourth-order valence-electron chi connectivity index (χ4n) is 3.42. The molecule has 3 rings (SSSR count). The molecule has 3 saturated carbocycles. The zero-order valence-electron chi connectivity index (χ0n) is 9.23. The number of hydrogen-bond acceptors (Lipinski definition) is 2. The lowest BCUT2D eigenvalue weighted by molar-refractivity contribution is -0.102. The molecule has 0 amide bonds. The molecule has 0 aliphatic heterocycles. The van der Waals surface area contributed by atoms with Crippen LogP contribution in [0.1, 0.15) is 33.1 Å². The maximum absolute atomic E-state index is 10.6. The predicted octanol–water partition coefficient (Wildman–Crippen LogP) is 1.45. The van der Waals surface area contributed by atoms with E-state index in [0.29, 0.717) is 23.8 Å². The van der Waals surface area contributed by atoms with Crippen molar-refractivity contribution in [2.45, 2.75) is 33.1 Å². The Morgan fingerprint density at radius 1 is 1.40 bits per heavy atom. The quantitative estimate of drug-likeness (QED) is 0.725. The van der Waals surface area contributed by atoms with Crippen LogP contribution in [0.2, 0.25) is 0 Å². The summed E-state index contributed by atoms with van der Waals surface area (Å²) in [6, 6.07) is 0. The summed E-state index contributed by atoms with van der Waals surface area (Å²) in [6.07, 6.45) is 3.51. The molecule has 2 bridgehead atoms. The van der Waals surface area contributed by atoms with Gasteiger partial charge >= 0.3 is 10.3 Å². The largest absolute Gasteiger partial charge is 0.333 e. The van der Waals surface area contributed by atoms with E-state index in [-0.39, 0.29) is 0 Å². The predicted molar refractivity (Wildman–Crippen MR) is 57.7 cm³/mol. The van der Waals surface area contributed by atoms with E-state index in [1.807, 2.05) is 0 Å². The van der Waals surface area contributed by atoms with Gasteiger partial charge in [-0.05, 0) is 42.4 Å². The minimum atomic E-state index is -4.02. The highest BCUT2D eigenvalue weighted by atomic mass is 32.2. The van der Waals surface area contributed by atoms with E-state index in [9.17, 15) is 8.42 Å². The van der Waals surface area contributed by atoms with Crippen molar-refractivity contribution in [3.63, 3.8) is 0 Å². The standard InChI is InChI=1S/C10H19NO3S/c1-10(2)8-4-3-7(9(10)5-8)6-11-15(12,13)14/h7-9,11H,3-6H2,1-2H3,(H,12,13,14)/t7-,8+,9+/m1/s1. The molecule has 4 nitrogen and oxygen atoms in total. The zero-order valence-corrected chi connectivity index (χ0v) is 10.0. The van der Waals surface area contributed by atoms with Gasteiger partial charge in [0, 0.05) is 6.54 Å². The van der Waals surface area contributed by atoms with Gasteiger partial charge in [0.15, 0.2) is 0 Å². The van der Waals surface area contributed by atoms with Crippen molar-refractivity contribution in [2.75, 3.05) is 6.54 Å². The lowest BCUT2D eigenvalue weighted by Crippen LogP contribution is -2.54. The molecule has 0 radical (unpaired) electrons. The van der Waals surface area contributed by atoms with Gasteiger partial charge in [0.25, 0.3) is 0 Å². The Morgan fingerprint density at radius 3 is 2.53 bits per heavy atom. The van der Waals surface area contributed by atoms with Crippen LogP contribution in [-0.2, 0) is 10.3 Å². The second-order valence-electron chi connectivity index (χ2n) is 5.52. The molecule has 3 fully saturated rings. The maximum Gasteiger partial charge on any atom is 0.333 e. The summed E-state index contributed by atoms with van der Waals surface area (Å²) in [5.74, 6) is 1.84. The molecule has 5 heteroatoms. The molecule has 0 saturated heterocycles. The summed E-state index contributed by atoms with van der Waals surface area (Å²) >= 11 is 0. The van der Waals surface area contributed by atoms with E-state index < -0.39 is 10.3 Å². The third kappa shape index (κ3) is 2.05. The molecule has 0 aromatic carbocycles. The zero-order chi connectivity index (χ0) is 11.3. The van der Waals surface area contributed by atoms with Crippen molar-refractivity contribution in [3.05, 3.63) is 0 Å². The van der Waals surface area contributed by atoms with Crippen molar-refractivity contribution < 1.29 is 13.0 Å². The third-order valence-corrected chi connectivity index (χ3v) is 5.06. The maximum atomic E-state index is 10.6. The van der Waals surface area contributed by atoms with Gasteiger partial charge in [-0.2, -0.15) is 13.1 Å². The number of rotatable bonds is 3. The van der Waals surface area contributed by atoms with Crippen LogP contribution in [-0.4, -0.2) is 19.5 Å². The summed E-state index contributed by atoms with van der Waals surface area (Å²) < 4.78 is 32.0.